The van der Waals surface area contributed by atoms with Crippen molar-refractivity contribution >= 4 is 17.9 Å². The lowest BCUT2D eigenvalue weighted by molar-refractivity contribution is -0.120. The van der Waals surface area contributed by atoms with Gasteiger partial charge in [0.2, 0.25) is 11.9 Å². The summed E-state index contributed by atoms with van der Waals surface area (Å²) in [6, 6.07) is 7.61. The lowest BCUT2D eigenvalue weighted by atomic mass is 9.85. The van der Waals surface area contributed by atoms with Crippen molar-refractivity contribution in [3.05, 3.63) is 52.3 Å². The topological polar surface area (TPSA) is 131 Å². The molecule has 2 saturated heterocycles. The number of nitrogen functional groups attached to an aromatic ring is 1. The van der Waals surface area contributed by atoms with Gasteiger partial charge in [-0.25, -0.2) is 14.8 Å². The van der Waals surface area contributed by atoms with Crippen LogP contribution in [0.15, 0.2) is 24.3 Å². The molecule has 9 heteroatoms. The molecule has 5 N–H and O–H groups in total. The first-order valence-electron chi connectivity index (χ1n) is 10.5. The Morgan fingerprint density at radius 2 is 2.03 bits per heavy atom. The van der Waals surface area contributed by atoms with Crippen molar-refractivity contribution in [2.24, 2.45) is 5.92 Å². The molecule has 0 radical (unpaired) electrons. The minimum atomic E-state index is -0.260. The number of nitrogens with two attached hydrogens (primary N) is 1. The molecule has 31 heavy (non-hydrogen) atoms. The van der Waals surface area contributed by atoms with E-state index in [9.17, 15) is 9.59 Å². The Labute approximate surface area is 181 Å². The summed E-state index contributed by atoms with van der Waals surface area (Å²) in [5, 5.41) is 8.85. The standard InChI is InChI=1S/C22H28N6O3/c1-12-17(13(2)26-21(23)25-12)10-18(29)24-11-14-5-3-6-15(9-14)19-16-7-4-8-31-20(16)28-22(30)27-19/h3,5-6,9,16,19-20H,4,7-8,10-11H2,1-2H3,(H,24,29)(H2,23,25,26)(H2,27,28,30)/t16-,19-,20-/m0/s1. The lowest BCUT2D eigenvalue weighted by Crippen LogP contribution is -2.58. The highest BCUT2D eigenvalue weighted by Gasteiger charge is 2.39. The van der Waals surface area contributed by atoms with E-state index in [4.69, 9.17) is 10.5 Å². The number of hydrogen-bond donors (Lipinski definition) is 4. The van der Waals surface area contributed by atoms with Gasteiger partial charge in [-0.1, -0.05) is 24.3 Å². The Bertz CT molecular complexity index is 972. The molecular formula is C22H28N6O3. The van der Waals surface area contributed by atoms with Gasteiger partial charge in [-0.15, -0.1) is 0 Å². The number of carbonyl (C=O) groups excluding carboxylic acids is 2. The first-order valence-corrected chi connectivity index (χ1v) is 10.5. The zero-order valence-corrected chi connectivity index (χ0v) is 17.8. The van der Waals surface area contributed by atoms with E-state index in [1.165, 1.54) is 0 Å². The molecule has 3 amide bonds. The molecule has 4 rings (SSSR count). The van der Waals surface area contributed by atoms with E-state index in [0.717, 1.165) is 29.5 Å². The number of anilines is 1. The molecule has 1 aromatic carbocycles. The van der Waals surface area contributed by atoms with Crippen LogP contribution in [0.3, 0.4) is 0 Å². The molecule has 2 aliphatic rings. The summed E-state index contributed by atoms with van der Waals surface area (Å²) in [5.41, 5.74) is 9.86. The van der Waals surface area contributed by atoms with Crippen molar-refractivity contribution in [1.29, 1.82) is 0 Å². The number of carbonyl (C=O) groups is 2. The molecule has 0 unspecified atom stereocenters. The molecule has 1 aromatic heterocycles. The highest BCUT2D eigenvalue weighted by Crippen LogP contribution is 2.34. The average molecular weight is 425 g/mol. The Morgan fingerprint density at radius 1 is 1.26 bits per heavy atom. The van der Waals surface area contributed by atoms with E-state index in [1.54, 1.807) is 0 Å². The monoisotopic (exact) mass is 424 g/mol. The maximum absolute atomic E-state index is 12.5. The second-order valence-corrected chi connectivity index (χ2v) is 8.12. The van der Waals surface area contributed by atoms with Gasteiger partial charge in [0.25, 0.3) is 0 Å². The van der Waals surface area contributed by atoms with Gasteiger partial charge in [-0.3, -0.25) is 4.79 Å². The maximum Gasteiger partial charge on any atom is 0.317 e. The first kappa shape index (κ1) is 21.0. The molecule has 0 saturated carbocycles. The SMILES string of the molecule is Cc1nc(N)nc(C)c1CC(=O)NCc1cccc([C@@H]2NC(=O)N[C@H]3OCCC[C@H]32)c1. The number of fused-ring (bicyclic) bond motifs is 1. The normalized spacial score (nSPS) is 22.8. The summed E-state index contributed by atoms with van der Waals surface area (Å²) in [6.07, 6.45) is 1.89. The van der Waals surface area contributed by atoms with Gasteiger partial charge in [0.15, 0.2) is 0 Å². The molecule has 2 aliphatic heterocycles. The Kier molecular flexibility index (Phi) is 6.03. The fourth-order valence-corrected chi connectivity index (χ4v) is 4.39. The average Bonchev–Trinajstić information content (AvgIpc) is 2.74. The predicted octanol–water partition coefficient (Wildman–Crippen LogP) is 1.64. The third-order valence-corrected chi connectivity index (χ3v) is 5.93. The molecule has 0 spiro atoms. The second kappa shape index (κ2) is 8.89. The number of aromatic nitrogens is 2. The van der Waals surface area contributed by atoms with E-state index in [0.29, 0.717) is 24.5 Å². The Hall–Kier alpha value is -3.20. The van der Waals surface area contributed by atoms with Gasteiger partial charge in [-0.05, 0) is 37.8 Å². The molecule has 164 valence electrons. The third-order valence-electron chi connectivity index (χ3n) is 5.93. The van der Waals surface area contributed by atoms with Crippen LogP contribution in [0.2, 0.25) is 0 Å². The number of nitrogens with zero attached hydrogens (tertiary/aromatic N) is 2. The van der Waals surface area contributed by atoms with Gasteiger partial charge in [0.05, 0.1) is 12.5 Å². The molecule has 2 aromatic rings. The molecule has 0 bridgehead atoms. The summed E-state index contributed by atoms with van der Waals surface area (Å²) in [5.74, 6) is 0.278. The van der Waals surface area contributed by atoms with Crippen LogP contribution in [0.5, 0.6) is 0 Å². The van der Waals surface area contributed by atoms with Crippen molar-refractivity contribution in [2.45, 2.75) is 51.9 Å². The van der Waals surface area contributed by atoms with Gasteiger partial charge in [0.1, 0.15) is 6.23 Å². The maximum atomic E-state index is 12.5. The smallest absolute Gasteiger partial charge is 0.317 e. The largest absolute Gasteiger partial charge is 0.368 e. The fourth-order valence-electron chi connectivity index (χ4n) is 4.39. The quantitative estimate of drug-likeness (QED) is 0.577. The number of nitrogens with one attached hydrogen (secondary N) is 3. The van der Waals surface area contributed by atoms with Crippen LogP contribution in [0.25, 0.3) is 0 Å². The summed E-state index contributed by atoms with van der Waals surface area (Å²) in [4.78, 5) is 32.9. The summed E-state index contributed by atoms with van der Waals surface area (Å²) < 4.78 is 5.75. The van der Waals surface area contributed by atoms with Crippen molar-refractivity contribution < 1.29 is 14.3 Å². The van der Waals surface area contributed by atoms with Gasteiger partial charge in [-0.2, -0.15) is 0 Å². The zero-order valence-electron chi connectivity index (χ0n) is 17.8. The van der Waals surface area contributed by atoms with Crippen LogP contribution in [0, 0.1) is 19.8 Å². The van der Waals surface area contributed by atoms with Gasteiger partial charge < -0.3 is 26.4 Å². The van der Waals surface area contributed by atoms with Crippen LogP contribution >= 0.6 is 0 Å². The van der Waals surface area contributed by atoms with Crippen LogP contribution in [-0.2, 0) is 22.5 Å². The van der Waals surface area contributed by atoms with Gasteiger partial charge in [0, 0.05) is 36.0 Å². The lowest BCUT2D eigenvalue weighted by Gasteiger charge is -2.42. The second-order valence-electron chi connectivity index (χ2n) is 8.12. The van der Waals surface area contributed by atoms with Crippen molar-refractivity contribution in [2.75, 3.05) is 12.3 Å². The van der Waals surface area contributed by atoms with Crippen molar-refractivity contribution in [3.8, 4) is 0 Å². The minimum Gasteiger partial charge on any atom is -0.368 e. The van der Waals surface area contributed by atoms with Crippen LogP contribution < -0.4 is 21.7 Å². The van der Waals surface area contributed by atoms with Crippen LogP contribution in [-0.4, -0.2) is 34.7 Å². The van der Waals surface area contributed by atoms with E-state index in [-0.39, 0.29) is 42.5 Å². The number of ether oxygens (including phenoxy) is 1. The molecule has 3 atom stereocenters. The Balaban J connectivity index is 1.42. The highest BCUT2D eigenvalue weighted by molar-refractivity contribution is 5.79. The molecular weight excluding hydrogens is 396 g/mol. The molecule has 9 nitrogen and oxygen atoms in total. The minimum absolute atomic E-state index is 0.110. The number of aryl methyl sites for hydroxylation is 2. The number of benzene rings is 1. The van der Waals surface area contributed by atoms with Crippen LogP contribution in [0.1, 0.15) is 47.0 Å². The van der Waals surface area contributed by atoms with E-state index in [2.05, 4.69) is 25.9 Å². The summed E-state index contributed by atoms with van der Waals surface area (Å²) in [7, 11) is 0. The van der Waals surface area contributed by atoms with E-state index >= 15 is 0 Å². The van der Waals surface area contributed by atoms with Crippen molar-refractivity contribution in [1.82, 2.24) is 25.9 Å². The zero-order chi connectivity index (χ0) is 22.0. The number of rotatable bonds is 5. The van der Waals surface area contributed by atoms with Crippen LogP contribution in [0.4, 0.5) is 10.7 Å². The molecule has 3 heterocycles. The fraction of sp³-hybridized carbons (Fsp3) is 0.455. The number of urea groups is 1. The van der Waals surface area contributed by atoms with Gasteiger partial charge >= 0.3 is 6.03 Å². The number of amides is 3. The first-order chi connectivity index (χ1) is 14.9. The summed E-state index contributed by atoms with van der Waals surface area (Å²) >= 11 is 0. The van der Waals surface area contributed by atoms with Crippen molar-refractivity contribution in [3.63, 3.8) is 0 Å². The van der Waals surface area contributed by atoms with E-state index < -0.39 is 0 Å². The number of hydrogen-bond acceptors (Lipinski definition) is 6. The van der Waals surface area contributed by atoms with E-state index in [1.807, 2.05) is 38.1 Å². The molecule has 2 fully saturated rings. The molecule has 0 aliphatic carbocycles. The highest BCUT2D eigenvalue weighted by atomic mass is 16.5. The Morgan fingerprint density at radius 3 is 2.81 bits per heavy atom. The predicted molar refractivity (Wildman–Crippen MR) is 115 cm³/mol. The summed E-state index contributed by atoms with van der Waals surface area (Å²) in [6.45, 7) is 4.71. The third kappa shape index (κ3) is 4.77.